The summed E-state index contributed by atoms with van der Waals surface area (Å²) in [7, 11) is 0. The average molecular weight is 761 g/mol. The molecule has 0 heterocycles. The highest BCUT2D eigenvalue weighted by atomic mass is 14.5. The summed E-state index contributed by atoms with van der Waals surface area (Å²) in [5.41, 5.74) is 25.7. The first-order chi connectivity index (χ1) is 27.6. The van der Waals surface area contributed by atoms with Gasteiger partial charge in [0.05, 0.1) is 0 Å². The molecule has 9 rings (SSSR count). The molecule has 0 saturated heterocycles. The Morgan fingerprint density at radius 1 is 0.362 bits per heavy atom. The van der Waals surface area contributed by atoms with E-state index in [1.54, 1.807) is 0 Å². The van der Waals surface area contributed by atoms with Crippen molar-refractivity contribution in [2.24, 2.45) is 0 Å². The highest BCUT2D eigenvalue weighted by Crippen LogP contribution is 2.57. The summed E-state index contributed by atoms with van der Waals surface area (Å²) in [4.78, 5) is 0. The van der Waals surface area contributed by atoms with Crippen molar-refractivity contribution >= 4 is 0 Å². The van der Waals surface area contributed by atoms with Crippen molar-refractivity contribution in [3.63, 3.8) is 0 Å². The summed E-state index contributed by atoms with van der Waals surface area (Å²) < 4.78 is 0. The smallest absolute Gasteiger partial charge is 0.0210 e. The van der Waals surface area contributed by atoms with Crippen LogP contribution in [0.1, 0.15) is 160 Å². The van der Waals surface area contributed by atoms with Crippen LogP contribution in [0.4, 0.5) is 0 Å². The highest BCUT2D eigenvalue weighted by Gasteiger charge is 2.43. The van der Waals surface area contributed by atoms with Crippen LogP contribution in [0.25, 0.3) is 55.6 Å². The van der Waals surface area contributed by atoms with Gasteiger partial charge in [-0.25, -0.2) is 0 Å². The third-order valence-corrected chi connectivity index (χ3v) is 16.5. The quantitative estimate of drug-likeness (QED) is 0.138. The van der Waals surface area contributed by atoms with Gasteiger partial charge in [0.15, 0.2) is 0 Å². The number of benzene rings is 6. The Labute approximate surface area is 350 Å². The van der Waals surface area contributed by atoms with Crippen LogP contribution in [-0.2, 0) is 27.1 Å². The summed E-state index contributed by atoms with van der Waals surface area (Å²) in [5.74, 6) is 0. The third-order valence-electron chi connectivity index (χ3n) is 16.5. The first-order valence-electron chi connectivity index (χ1n) is 22.5. The molecule has 0 aliphatic heterocycles. The van der Waals surface area contributed by atoms with Gasteiger partial charge in [0, 0.05) is 16.2 Å². The monoisotopic (exact) mass is 761 g/mol. The van der Waals surface area contributed by atoms with Crippen LogP contribution in [0.15, 0.2) is 109 Å². The van der Waals surface area contributed by atoms with E-state index in [1.807, 2.05) is 0 Å². The van der Waals surface area contributed by atoms with Gasteiger partial charge in [0.2, 0.25) is 0 Å². The molecule has 0 nitrogen and oxygen atoms in total. The zero-order valence-electron chi connectivity index (χ0n) is 37.4. The second-order valence-electron chi connectivity index (χ2n) is 20.1. The van der Waals surface area contributed by atoms with E-state index < -0.39 is 0 Å². The molecule has 58 heavy (non-hydrogen) atoms. The number of rotatable bonds is 9. The van der Waals surface area contributed by atoms with Crippen molar-refractivity contribution in [3.05, 3.63) is 154 Å². The van der Waals surface area contributed by atoms with Crippen LogP contribution in [0.2, 0.25) is 0 Å². The van der Waals surface area contributed by atoms with Crippen LogP contribution in [0.3, 0.4) is 0 Å². The fourth-order valence-corrected chi connectivity index (χ4v) is 11.2. The number of hydrogen-bond donors (Lipinski definition) is 0. The highest BCUT2D eigenvalue weighted by molar-refractivity contribution is 5.89. The minimum Gasteiger partial charge on any atom is -0.0646 e. The molecule has 0 N–H and O–H groups in total. The second kappa shape index (κ2) is 13.2. The molecule has 0 radical (unpaired) electrons. The van der Waals surface area contributed by atoms with Gasteiger partial charge in [-0.2, -0.15) is 0 Å². The lowest BCUT2D eigenvalue weighted by Gasteiger charge is -2.30. The van der Waals surface area contributed by atoms with Crippen molar-refractivity contribution < 1.29 is 0 Å². The van der Waals surface area contributed by atoms with Crippen molar-refractivity contribution in [1.82, 2.24) is 0 Å². The molecule has 0 aromatic heterocycles. The summed E-state index contributed by atoms with van der Waals surface area (Å²) in [6.07, 6.45) is 5.49. The largest absolute Gasteiger partial charge is 0.0646 e. The van der Waals surface area contributed by atoms with Gasteiger partial charge in [0.25, 0.3) is 0 Å². The van der Waals surface area contributed by atoms with E-state index in [2.05, 4.69) is 192 Å². The Morgan fingerprint density at radius 2 is 0.672 bits per heavy atom. The van der Waals surface area contributed by atoms with Gasteiger partial charge in [0.1, 0.15) is 0 Å². The SMILES string of the molecule is CCC(C)(C)c1ccc2c(c1)C(C)(C)c1cc(-c3ccc4c(c3)C(CC)(CC)c3cc(-c5ccc6c(c5)C(C)(CC)c5cc(C(C)(C)CC)ccc5-6)ccc3-4)ccc1-2. The van der Waals surface area contributed by atoms with Gasteiger partial charge in [-0.1, -0.05) is 168 Å². The Morgan fingerprint density at radius 3 is 1.07 bits per heavy atom. The molecule has 0 heteroatoms. The van der Waals surface area contributed by atoms with Crippen LogP contribution in [0, 0.1) is 0 Å². The molecule has 296 valence electrons. The molecule has 0 saturated carbocycles. The molecule has 0 spiro atoms. The molecule has 6 aromatic carbocycles. The maximum Gasteiger partial charge on any atom is 0.0210 e. The molecule has 0 amide bonds. The average Bonchev–Trinajstić information content (AvgIpc) is 3.77. The maximum absolute atomic E-state index is 2.56. The molecular formula is C58H64. The Kier molecular flexibility index (Phi) is 8.81. The predicted molar refractivity (Wildman–Crippen MR) is 250 cm³/mol. The molecule has 0 fully saturated rings. The van der Waals surface area contributed by atoms with Crippen molar-refractivity contribution in [3.8, 4) is 55.6 Å². The summed E-state index contributed by atoms with van der Waals surface area (Å²) in [5, 5.41) is 0. The van der Waals surface area contributed by atoms with Crippen LogP contribution in [0.5, 0.6) is 0 Å². The lowest BCUT2D eigenvalue weighted by Crippen LogP contribution is -2.23. The lowest BCUT2D eigenvalue weighted by molar-refractivity contribution is 0.491. The number of hydrogen-bond acceptors (Lipinski definition) is 0. The zero-order valence-corrected chi connectivity index (χ0v) is 37.4. The first kappa shape index (κ1) is 38.8. The van der Waals surface area contributed by atoms with E-state index in [4.69, 9.17) is 0 Å². The summed E-state index contributed by atoms with van der Waals surface area (Å²) in [6.45, 7) is 28.6. The van der Waals surface area contributed by atoms with Crippen molar-refractivity contribution in [1.29, 1.82) is 0 Å². The number of fused-ring (bicyclic) bond motifs is 9. The van der Waals surface area contributed by atoms with Gasteiger partial charge in [-0.05, 0) is 167 Å². The van der Waals surface area contributed by atoms with E-state index >= 15 is 0 Å². The molecular weight excluding hydrogens is 697 g/mol. The fourth-order valence-electron chi connectivity index (χ4n) is 11.2. The van der Waals surface area contributed by atoms with Gasteiger partial charge in [-0.15, -0.1) is 0 Å². The molecule has 1 unspecified atom stereocenters. The molecule has 3 aliphatic rings. The third kappa shape index (κ3) is 5.32. The van der Waals surface area contributed by atoms with Crippen LogP contribution in [-0.4, -0.2) is 0 Å². The van der Waals surface area contributed by atoms with Gasteiger partial charge < -0.3 is 0 Å². The van der Waals surface area contributed by atoms with Gasteiger partial charge in [-0.3, -0.25) is 0 Å². The second-order valence-corrected chi connectivity index (χ2v) is 20.1. The topological polar surface area (TPSA) is 0 Å². The molecule has 6 aromatic rings. The maximum atomic E-state index is 2.56. The summed E-state index contributed by atoms with van der Waals surface area (Å²) >= 11 is 0. The zero-order chi connectivity index (χ0) is 41.2. The van der Waals surface area contributed by atoms with Crippen LogP contribution >= 0.6 is 0 Å². The van der Waals surface area contributed by atoms with E-state index in [0.717, 1.165) is 32.1 Å². The van der Waals surface area contributed by atoms with Crippen molar-refractivity contribution in [2.45, 2.75) is 142 Å². The molecule has 1 atom stereocenters. The Hall–Kier alpha value is -4.68. The van der Waals surface area contributed by atoms with E-state index in [1.165, 1.54) is 100 Å². The summed E-state index contributed by atoms with van der Waals surface area (Å²) in [6, 6.07) is 43.9. The molecule has 0 bridgehead atoms. The van der Waals surface area contributed by atoms with E-state index in [-0.39, 0.29) is 27.1 Å². The Bertz CT molecular complexity index is 2630. The van der Waals surface area contributed by atoms with Crippen LogP contribution < -0.4 is 0 Å². The standard InChI is InChI=1S/C58H64/c1-13-54(6,7)40-22-28-43-42-24-18-36(30-48(42)56(10,11)49(43)34-40)38-20-26-46-47-27-21-39(33-53(47)58(16-4,17-5)52(46)32-38)37-19-25-44-45-29-23-41(55(8,9)14-2)35-51(45)57(12,15-3)50(44)31-37/h18-35H,13-17H2,1-12H3. The minimum absolute atomic E-state index is 0.00899. The van der Waals surface area contributed by atoms with Gasteiger partial charge >= 0.3 is 0 Å². The Balaban J connectivity index is 1.08. The van der Waals surface area contributed by atoms with E-state index in [0.29, 0.717) is 0 Å². The predicted octanol–water partition coefficient (Wildman–Crippen LogP) is 16.5. The minimum atomic E-state index is -0.0513. The lowest BCUT2D eigenvalue weighted by atomic mass is 9.72. The molecule has 3 aliphatic carbocycles. The fraction of sp³-hybridized carbons (Fsp3) is 0.379. The normalized spacial score (nSPS) is 18.0. The van der Waals surface area contributed by atoms with E-state index in [9.17, 15) is 0 Å². The first-order valence-corrected chi connectivity index (χ1v) is 22.5. The van der Waals surface area contributed by atoms with Crippen molar-refractivity contribution in [2.75, 3.05) is 0 Å².